The number of aliphatic hydroxyl groups excluding tert-OH is 1. The number of hydrogen-bond acceptors (Lipinski definition) is 5. The molecule has 2 heterocycles. The number of anilines is 1. The van der Waals surface area contributed by atoms with Crippen LogP contribution in [0, 0.1) is 12.8 Å². The lowest BCUT2D eigenvalue weighted by Crippen LogP contribution is -2.29. The van der Waals surface area contributed by atoms with Gasteiger partial charge in [0.05, 0.1) is 5.39 Å². The van der Waals surface area contributed by atoms with Crippen LogP contribution in [0.3, 0.4) is 0 Å². The van der Waals surface area contributed by atoms with E-state index in [0.29, 0.717) is 12.0 Å². The van der Waals surface area contributed by atoms with Crippen LogP contribution in [-0.2, 0) is 0 Å². The van der Waals surface area contributed by atoms with Crippen LogP contribution >= 0.6 is 0 Å². The zero-order chi connectivity index (χ0) is 13.9. The first-order valence-corrected chi connectivity index (χ1v) is 7.23. The summed E-state index contributed by atoms with van der Waals surface area (Å²) in [6.45, 7) is 2.17. The molecule has 1 aliphatic carbocycles. The second-order valence-electron chi connectivity index (χ2n) is 5.55. The summed E-state index contributed by atoms with van der Waals surface area (Å²) in [5.41, 5.74) is 0.733. The van der Waals surface area contributed by atoms with Gasteiger partial charge < -0.3 is 10.4 Å². The van der Waals surface area contributed by atoms with Gasteiger partial charge in [-0.3, -0.25) is 0 Å². The van der Waals surface area contributed by atoms with E-state index in [1.165, 1.54) is 0 Å². The molecule has 1 fully saturated rings. The number of aryl methyl sites for hydroxylation is 1. The lowest BCUT2D eigenvalue weighted by molar-refractivity contribution is 0.184. The Hall–Kier alpha value is -1.75. The molecular formula is C15H20N4O. The molecule has 0 bridgehead atoms. The molecule has 20 heavy (non-hydrogen) atoms. The van der Waals surface area contributed by atoms with Crippen LogP contribution in [-0.4, -0.2) is 32.7 Å². The van der Waals surface area contributed by atoms with Crippen molar-refractivity contribution < 1.29 is 5.11 Å². The number of pyridine rings is 1. The first-order chi connectivity index (χ1) is 9.76. The molecule has 0 radical (unpaired) electrons. The second-order valence-corrected chi connectivity index (χ2v) is 5.55. The van der Waals surface area contributed by atoms with Gasteiger partial charge >= 0.3 is 0 Å². The first kappa shape index (κ1) is 13.2. The average Bonchev–Trinajstić information content (AvgIpc) is 2.47. The van der Waals surface area contributed by atoms with Crippen molar-refractivity contribution in [3.8, 4) is 0 Å². The topological polar surface area (TPSA) is 70.9 Å². The Kier molecular flexibility index (Phi) is 3.78. The number of nitrogens with zero attached hydrogens (tertiary/aromatic N) is 3. The summed E-state index contributed by atoms with van der Waals surface area (Å²) < 4.78 is 0. The number of aliphatic hydroxyl groups is 1. The Labute approximate surface area is 118 Å². The minimum Gasteiger partial charge on any atom is -0.396 e. The fraction of sp³-hybridized carbons (Fsp3) is 0.533. The molecule has 0 aromatic carbocycles. The molecule has 106 valence electrons. The normalized spacial score (nSPS) is 22.9. The van der Waals surface area contributed by atoms with Gasteiger partial charge in [-0.2, -0.15) is 0 Å². The third-order valence-electron chi connectivity index (χ3n) is 3.96. The largest absolute Gasteiger partial charge is 0.396 e. The van der Waals surface area contributed by atoms with E-state index in [0.717, 1.165) is 48.4 Å². The van der Waals surface area contributed by atoms with Crippen molar-refractivity contribution in [2.45, 2.75) is 38.6 Å². The highest BCUT2D eigenvalue weighted by molar-refractivity contribution is 5.86. The monoisotopic (exact) mass is 272 g/mol. The molecule has 2 aromatic heterocycles. The maximum Gasteiger partial charge on any atom is 0.164 e. The molecule has 2 aromatic rings. The predicted octanol–water partition coefficient (Wildman–Crippen LogP) is 2.30. The maximum atomic E-state index is 9.33. The molecule has 0 saturated heterocycles. The van der Waals surface area contributed by atoms with Crippen LogP contribution in [0.1, 0.15) is 31.5 Å². The van der Waals surface area contributed by atoms with E-state index in [4.69, 9.17) is 0 Å². The molecule has 0 amide bonds. The number of aromatic nitrogens is 3. The van der Waals surface area contributed by atoms with Crippen LogP contribution < -0.4 is 5.32 Å². The minimum atomic E-state index is 0.281. The van der Waals surface area contributed by atoms with Crippen LogP contribution in [0.5, 0.6) is 0 Å². The van der Waals surface area contributed by atoms with Gasteiger partial charge in [0.2, 0.25) is 0 Å². The lowest BCUT2D eigenvalue weighted by atomic mass is 9.86. The van der Waals surface area contributed by atoms with Crippen molar-refractivity contribution in [1.82, 2.24) is 15.0 Å². The Morgan fingerprint density at radius 2 is 2.25 bits per heavy atom. The smallest absolute Gasteiger partial charge is 0.164 e. The number of nitrogens with one attached hydrogen (secondary N) is 1. The molecule has 5 nitrogen and oxygen atoms in total. The Balaban J connectivity index is 1.86. The highest BCUT2D eigenvalue weighted by Gasteiger charge is 2.22. The van der Waals surface area contributed by atoms with Gasteiger partial charge in [-0.25, -0.2) is 15.0 Å². The third-order valence-corrected chi connectivity index (χ3v) is 3.96. The lowest BCUT2D eigenvalue weighted by Gasteiger charge is -2.29. The van der Waals surface area contributed by atoms with E-state index < -0.39 is 0 Å². The average molecular weight is 272 g/mol. The van der Waals surface area contributed by atoms with E-state index in [-0.39, 0.29) is 6.61 Å². The van der Waals surface area contributed by atoms with E-state index in [1.807, 2.05) is 19.1 Å². The minimum absolute atomic E-state index is 0.281. The third kappa shape index (κ3) is 2.72. The quantitative estimate of drug-likeness (QED) is 0.897. The summed E-state index contributed by atoms with van der Waals surface area (Å²) in [5, 5.41) is 13.8. The predicted molar refractivity (Wildman–Crippen MR) is 78.5 cm³/mol. The fourth-order valence-corrected chi connectivity index (χ4v) is 2.96. The van der Waals surface area contributed by atoms with Gasteiger partial charge in [0, 0.05) is 18.8 Å². The maximum absolute atomic E-state index is 9.33. The molecule has 0 aliphatic heterocycles. The summed E-state index contributed by atoms with van der Waals surface area (Å²) in [6, 6.07) is 4.28. The number of rotatable bonds is 3. The van der Waals surface area contributed by atoms with Crippen molar-refractivity contribution in [2.75, 3.05) is 11.9 Å². The molecular weight excluding hydrogens is 252 g/mol. The zero-order valence-corrected chi connectivity index (χ0v) is 11.7. The number of hydrogen-bond donors (Lipinski definition) is 2. The highest BCUT2D eigenvalue weighted by atomic mass is 16.3. The molecule has 5 heteroatoms. The van der Waals surface area contributed by atoms with E-state index in [2.05, 4.69) is 20.3 Å². The summed E-state index contributed by atoms with van der Waals surface area (Å²) in [7, 11) is 0. The number of fused-ring (bicyclic) bond motifs is 1. The SMILES string of the molecule is Cc1nc(N[C@@H]2CCC[C@@H](CO)C2)c2cccnc2n1. The van der Waals surface area contributed by atoms with Crippen molar-refractivity contribution in [3.05, 3.63) is 24.2 Å². The molecule has 2 N–H and O–H groups in total. The van der Waals surface area contributed by atoms with Crippen molar-refractivity contribution in [2.24, 2.45) is 5.92 Å². The van der Waals surface area contributed by atoms with Gasteiger partial charge in [-0.05, 0) is 44.2 Å². The summed E-state index contributed by atoms with van der Waals surface area (Å²) in [6.07, 6.45) is 6.16. The Morgan fingerprint density at radius 1 is 1.35 bits per heavy atom. The summed E-state index contributed by atoms with van der Waals surface area (Å²) >= 11 is 0. The van der Waals surface area contributed by atoms with Gasteiger partial charge in [-0.1, -0.05) is 6.42 Å². The van der Waals surface area contributed by atoms with Crippen LogP contribution in [0.25, 0.3) is 11.0 Å². The van der Waals surface area contributed by atoms with E-state index in [9.17, 15) is 5.11 Å². The molecule has 0 unspecified atom stereocenters. The van der Waals surface area contributed by atoms with Gasteiger partial charge in [0.1, 0.15) is 11.6 Å². The van der Waals surface area contributed by atoms with Crippen LogP contribution in [0.15, 0.2) is 18.3 Å². The molecule has 3 rings (SSSR count). The van der Waals surface area contributed by atoms with E-state index >= 15 is 0 Å². The highest BCUT2D eigenvalue weighted by Crippen LogP contribution is 2.27. The molecule has 1 aliphatic rings. The van der Waals surface area contributed by atoms with Crippen molar-refractivity contribution >= 4 is 16.9 Å². The van der Waals surface area contributed by atoms with Gasteiger partial charge in [-0.15, -0.1) is 0 Å². The fourth-order valence-electron chi connectivity index (χ4n) is 2.96. The second kappa shape index (κ2) is 5.71. The molecule has 2 atom stereocenters. The van der Waals surface area contributed by atoms with Crippen molar-refractivity contribution in [3.63, 3.8) is 0 Å². The van der Waals surface area contributed by atoms with Crippen LogP contribution in [0.2, 0.25) is 0 Å². The van der Waals surface area contributed by atoms with Gasteiger partial charge in [0.25, 0.3) is 0 Å². The first-order valence-electron chi connectivity index (χ1n) is 7.23. The summed E-state index contributed by atoms with van der Waals surface area (Å²) in [5.74, 6) is 2.01. The summed E-state index contributed by atoms with van der Waals surface area (Å²) in [4.78, 5) is 13.2. The van der Waals surface area contributed by atoms with Crippen molar-refractivity contribution in [1.29, 1.82) is 0 Å². The van der Waals surface area contributed by atoms with Crippen LogP contribution in [0.4, 0.5) is 5.82 Å². The Bertz CT molecular complexity index is 601. The molecule has 0 spiro atoms. The zero-order valence-electron chi connectivity index (χ0n) is 11.7. The molecule has 1 saturated carbocycles. The van der Waals surface area contributed by atoms with Gasteiger partial charge in [0.15, 0.2) is 5.65 Å². The standard InChI is InChI=1S/C15H20N4O/c1-10-17-14-13(6-3-7-16-14)15(18-10)19-12-5-2-4-11(8-12)9-20/h3,6-7,11-12,20H,2,4-5,8-9H2,1H3,(H,16,17,18,19)/t11-,12-/m1/s1. The Morgan fingerprint density at radius 3 is 3.10 bits per heavy atom. The van der Waals surface area contributed by atoms with E-state index in [1.54, 1.807) is 6.20 Å².